The average molecular weight is 367 g/mol. The summed E-state index contributed by atoms with van der Waals surface area (Å²) < 4.78 is 49.9. The van der Waals surface area contributed by atoms with Crippen LogP contribution in [0.25, 0.3) is 0 Å². The fourth-order valence-corrected chi connectivity index (χ4v) is 3.66. The highest BCUT2D eigenvalue weighted by atomic mass is 32.2. The molecule has 0 saturated heterocycles. The Morgan fingerprint density at radius 1 is 1.16 bits per heavy atom. The van der Waals surface area contributed by atoms with Gasteiger partial charge in [0.2, 0.25) is 0 Å². The molecule has 0 aliphatic carbocycles. The molecule has 25 heavy (non-hydrogen) atoms. The molecule has 0 bridgehead atoms. The molecule has 0 aromatic heterocycles. The summed E-state index contributed by atoms with van der Waals surface area (Å²) >= 11 is 0. The number of hydrogen-bond acceptors (Lipinski definition) is 5. The van der Waals surface area contributed by atoms with Gasteiger partial charge in [0.05, 0.1) is 30.4 Å². The maximum absolute atomic E-state index is 13.9. The molecule has 6 nitrogen and oxygen atoms in total. The molecule has 0 atom stereocenters. The summed E-state index contributed by atoms with van der Waals surface area (Å²) in [4.78, 5) is 11.6. The molecule has 0 radical (unpaired) electrons. The van der Waals surface area contributed by atoms with Crippen LogP contribution in [0.3, 0.4) is 0 Å². The Hall–Kier alpha value is -2.61. The van der Waals surface area contributed by atoms with Gasteiger partial charge < -0.3 is 9.47 Å². The molecule has 2 aromatic rings. The predicted octanol–water partition coefficient (Wildman–Crippen LogP) is 2.75. The Labute approximate surface area is 145 Å². The second-order valence-electron chi connectivity index (χ2n) is 5.21. The molecule has 0 N–H and O–H groups in total. The highest BCUT2D eigenvalue weighted by Gasteiger charge is 2.25. The van der Waals surface area contributed by atoms with E-state index in [9.17, 15) is 17.6 Å². The van der Waals surface area contributed by atoms with Crippen molar-refractivity contribution in [1.29, 1.82) is 0 Å². The third kappa shape index (κ3) is 3.43. The van der Waals surface area contributed by atoms with Crippen LogP contribution in [0.1, 0.15) is 15.9 Å². The highest BCUT2D eigenvalue weighted by molar-refractivity contribution is 7.92. The molecular weight excluding hydrogens is 349 g/mol. The zero-order valence-corrected chi connectivity index (χ0v) is 15.1. The SMILES string of the molecule is COC(=O)c1cccc(N(C)S(=O)(=O)c2ccc(OC)c(F)c2)c1C. The Bertz CT molecular complexity index is 911. The maximum Gasteiger partial charge on any atom is 0.338 e. The van der Waals surface area contributed by atoms with Crippen molar-refractivity contribution < 1.29 is 27.1 Å². The molecule has 0 fully saturated rings. The summed E-state index contributed by atoms with van der Waals surface area (Å²) in [6, 6.07) is 8.04. The first-order chi connectivity index (χ1) is 11.7. The van der Waals surface area contributed by atoms with Gasteiger partial charge in [-0.1, -0.05) is 6.07 Å². The quantitative estimate of drug-likeness (QED) is 0.760. The number of ether oxygens (including phenoxy) is 2. The molecule has 8 heteroatoms. The van der Waals surface area contributed by atoms with E-state index in [0.717, 1.165) is 10.4 Å². The first-order valence-corrected chi connectivity index (χ1v) is 8.68. The predicted molar refractivity (Wildman–Crippen MR) is 91.1 cm³/mol. The van der Waals surface area contributed by atoms with Crippen molar-refractivity contribution in [3.8, 4) is 5.75 Å². The van der Waals surface area contributed by atoms with E-state index in [1.165, 1.54) is 39.5 Å². The number of hydrogen-bond donors (Lipinski definition) is 0. The molecule has 2 aromatic carbocycles. The Kier molecular flexibility index (Phi) is 5.32. The molecule has 0 heterocycles. The van der Waals surface area contributed by atoms with Crippen LogP contribution >= 0.6 is 0 Å². The number of sulfonamides is 1. The van der Waals surface area contributed by atoms with E-state index in [-0.39, 0.29) is 16.2 Å². The monoisotopic (exact) mass is 367 g/mol. The zero-order valence-electron chi connectivity index (χ0n) is 14.2. The summed E-state index contributed by atoms with van der Waals surface area (Å²) in [5, 5.41) is 0. The minimum Gasteiger partial charge on any atom is -0.494 e. The van der Waals surface area contributed by atoms with E-state index in [4.69, 9.17) is 9.47 Å². The van der Waals surface area contributed by atoms with Crippen molar-refractivity contribution in [1.82, 2.24) is 0 Å². The highest BCUT2D eigenvalue weighted by Crippen LogP contribution is 2.29. The first-order valence-electron chi connectivity index (χ1n) is 7.24. The number of carbonyl (C=O) groups excluding carboxylic acids is 1. The third-order valence-corrected chi connectivity index (χ3v) is 5.60. The minimum atomic E-state index is -4.03. The number of anilines is 1. The molecule has 0 aliphatic rings. The van der Waals surface area contributed by atoms with Crippen LogP contribution in [0.15, 0.2) is 41.3 Å². The van der Waals surface area contributed by atoms with Crippen molar-refractivity contribution in [3.63, 3.8) is 0 Å². The van der Waals surface area contributed by atoms with Gasteiger partial charge >= 0.3 is 5.97 Å². The topological polar surface area (TPSA) is 72.9 Å². The van der Waals surface area contributed by atoms with E-state index in [1.54, 1.807) is 19.1 Å². The third-order valence-electron chi connectivity index (χ3n) is 3.83. The molecule has 0 aliphatic heterocycles. The van der Waals surface area contributed by atoms with Crippen LogP contribution in [0.4, 0.5) is 10.1 Å². The van der Waals surface area contributed by atoms with Crippen LogP contribution in [0.5, 0.6) is 5.75 Å². The number of rotatable bonds is 5. The number of methoxy groups -OCH3 is 2. The van der Waals surface area contributed by atoms with Gasteiger partial charge in [-0.25, -0.2) is 17.6 Å². The first kappa shape index (κ1) is 18.7. The van der Waals surface area contributed by atoms with Gasteiger partial charge in [0, 0.05) is 7.05 Å². The van der Waals surface area contributed by atoms with Crippen molar-refractivity contribution in [2.75, 3.05) is 25.6 Å². The summed E-state index contributed by atoms with van der Waals surface area (Å²) in [5.41, 5.74) is 0.983. The van der Waals surface area contributed by atoms with Gasteiger partial charge in [0.15, 0.2) is 11.6 Å². The van der Waals surface area contributed by atoms with Gasteiger partial charge in [0.1, 0.15) is 0 Å². The smallest absolute Gasteiger partial charge is 0.338 e. The lowest BCUT2D eigenvalue weighted by Gasteiger charge is -2.22. The van der Waals surface area contributed by atoms with E-state index < -0.39 is 21.8 Å². The molecule has 0 unspecified atom stereocenters. The molecule has 0 spiro atoms. The summed E-state index contributed by atoms with van der Waals surface area (Å²) in [6.07, 6.45) is 0. The minimum absolute atomic E-state index is 0.0505. The average Bonchev–Trinajstić information content (AvgIpc) is 2.60. The number of carbonyl (C=O) groups is 1. The van der Waals surface area contributed by atoms with E-state index in [2.05, 4.69) is 0 Å². The standard InChI is InChI=1S/C17H18FNO5S/c1-11-13(17(20)24-4)6-5-7-15(11)19(2)25(21,22)12-8-9-16(23-3)14(18)10-12/h5-10H,1-4H3. The second kappa shape index (κ2) is 7.10. The number of halogens is 1. The van der Waals surface area contributed by atoms with Crippen LogP contribution in [-0.4, -0.2) is 35.7 Å². The Morgan fingerprint density at radius 2 is 1.84 bits per heavy atom. The summed E-state index contributed by atoms with van der Waals surface area (Å²) in [5.74, 6) is -1.40. The molecule has 2 rings (SSSR count). The normalized spacial score (nSPS) is 11.1. The number of nitrogens with zero attached hydrogens (tertiary/aromatic N) is 1. The van der Waals surface area contributed by atoms with Crippen molar-refractivity contribution in [2.24, 2.45) is 0 Å². The zero-order chi connectivity index (χ0) is 18.8. The van der Waals surface area contributed by atoms with E-state index in [1.807, 2.05) is 0 Å². The van der Waals surface area contributed by atoms with E-state index in [0.29, 0.717) is 11.3 Å². The Balaban J connectivity index is 2.51. The van der Waals surface area contributed by atoms with Gasteiger partial charge in [-0.2, -0.15) is 0 Å². The molecule has 134 valence electrons. The lowest BCUT2D eigenvalue weighted by Crippen LogP contribution is -2.27. The van der Waals surface area contributed by atoms with Crippen LogP contribution in [-0.2, 0) is 14.8 Å². The fraction of sp³-hybridized carbons (Fsp3) is 0.235. The van der Waals surface area contributed by atoms with Crippen LogP contribution in [0.2, 0.25) is 0 Å². The van der Waals surface area contributed by atoms with Crippen molar-refractivity contribution >= 4 is 21.7 Å². The van der Waals surface area contributed by atoms with Crippen LogP contribution < -0.4 is 9.04 Å². The fourth-order valence-electron chi connectivity index (χ4n) is 2.39. The Morgan fingerprint density at radius 3 is 2.40 bits per heavy atom. The van der Waals surface area contributed by atoms with Crippen molar-refractivity contribution in [3.05, 3.63) is 53.3 Å². The van der Waals surface area contributed by atoms with Gasteiger partial charge in [-0.3, -0.25) is 4.31 Å². The van der Waals surface area contributed by atoms with Crippen molar-refractivity contribution in [2.45, 2.75) is 11.8 Å². The molecular formula is C17H18FNO5S. The number of esters is 1. The largest absolute Gasteiger partial charge is 0.494 e. The van der Waals surface area contributed by atoms with Crippen LogP contribution in [0, 0.1) is 12.7 Å². The van der Waals surface area contributed by atoms with E-state index >= 15 is 0 Å². The maximum atomic E-state index is 13.9. The summed E-state index contributed by atoms with van der Waals surface area (Å²) in [6.45, 7) is 1.61. The van der Waals surface area contributed by atoms with Gasteiger partial charge in [0.25, 0.3) is 10.0 Å². The lowest BCUT2D eigenvalue weighted by atomic mass is 10.1. The van der Waals surface area contributed by atoms with Gasteiger partial charge in [-0.15, -0.1) is 0 Å². The number of benzene rings is 2. The molecule has 0 saturated carbocycles. The lowest BCUT2D eigenvalue weighted by molar-refractivity contribution is 0.0600. The molecule has 0 amide bonds. The second-order valence-corrected chi connectivity index (χ2v) is 7.18. The summed E-state index contributed by atoms with van der Waals surface area (Å²) in [7, 11) is -0.154. The van der Waals surface area contributed by atoms with Gasteiger partial charge in [-0.05, 0) is 42.8 Å².